The smallest absolute Gasteiger partial charge is 0.182 e. The van der Waals surface area contributed by atoms with Gasteiger partial charge in [0.2, 0.25) is 0 Å². The van der Waals surface area contributed by atoms with Crippen LogP contribution < -0.4 is 4.74 Å². The highest BCUT2D eigenvalue weighted by atomic mass is 35.5. The number of ketones is 3. The maximum absolute atomic E-state index is 13.0. The van der Waals surface area contributed by atoms with Crippen molar-refractivity contribution in [2.24, 2.45) is 11.1 Å². The highest BCUT2D eigenvalue weighted by molar-refractivity contribution is 7.91. The second kappa shape index (κ2) is 10.7. The fourth-order valence-corrected chi connectivity index (χ4v) is 4.42. The number of oxime groups is 1. The molecule has 0 radical (unpaired) electrons. The predicted molar refractivity (Wildman–Crippen MR) is 116 cm³/mol. The number of hydrogen-bond acceptors (Lipinski definition) is 8. The Morgan fingerprint density at radius 1 is 1.29 bits per heavy atom. The van der Waals surface area contributed by atoms with Crippen molar-refractivity contribution in [2.75, 3.05) is 19.0 Å². The Bertz CT molecular complexity index is 1010. The molecule has 0 unspecified atom stereocenters. The van der Waals surface area contributed by atoms with Gasteiger partial charge in [-0.15, -0.1) is 0 Å². The van der Waals surface area contributed by atoms with Crippen molar-refractivity contribution in [1.29, 1.82) is 0 Å². The average Bonchev–Trinajstić information content (AvgIpc) is 2.72. The van der Waals surface area contributed by atoms with Crippen molar-refractivity contribution < 1.29 is 32.4 Å². The van der Waals surface area contributed by atoms with Crippen molar-refractivity contribution >= 4 is 44.5 Å². The number of halogens is 1. The molecule has 0 amide bonds. The number of rotatable bonds is 10. The number of sulfone groups is 1. The van der Waals surface area contributed by atoms with Crippen molar-refractivity contribution in [1.82, 2.24) is 0 Å². The number of carbonyl (C=O) groups excluding carboxylic acids is 3. The molecule has 1 aromatic carbocycles. The molecule has 1 aliphatic rings. The Labute approximate surface area is 186 Å². The van der Waals surface area contributed by atoms with Crippen LogP contribution in [0.2, 0.25) is 5.02 Å². The van der Waals surface area contributed by atoms with E-state index in [1.807, 2.05) is 0 Å². The summed E-state index contributed by atoms with van der Waals surface area (Å²) in [5.74, 6) is -3.57. The molecule has 2 rings (SSSR count). The number of benzene rings is 1. The third-order valence-corrected chi connectivity index (χ3v) is 6.76. The van der Waals surface area contributed by atoms with Crippen molar-refractivity contribution in [3.63, 3.8) is 0 Å². The van der Waals surface area contributed by atoms with Crippen LogP contribution in [0.15, 0.2) is 34.8 Å². The van der Waals surface area contributed by atoms with E-state index >= 15 is 0 Å². The highest BCUT2D eigenvalue weighted by Gasteiger charge is 2.38. The minimum Gasteiger partial charge on any atom is -0.485 e. The van der Waals surface area contributed by atoms with E-state index in [1.54, 1.807) is 6.92 Å². The van der Waals surface area contributed by atoms with Crippen LogP contribution in [0.1, 0.15) is 43.5 Å². The molecule has 0 bridgehead atoms. The molecule has 1 aromatic rings. The molecule has 0 aliphatic heterocycles. The van der Waals surface area contributed by atoms with Crippen LogP contribution in [0.5, 0.6) is 5.75 Å². The number of ether oxygens (including phenoxy) is 1. The van der Waals surface area contributed by atoms with Crippen LogP contribution in [0.3, 0.4) is 0 Å². The van der Waals surface area contributed by atoms with Gasteiger partial charge in [0.1, 0.15) is 24.0 Å². The molecule has 0 saturated heterocycles. The highest BCUT2D eigenvalue weighted by Crippen LogP contribution is 2.37. The van der Waals surface area contributed by atoms with E-state index in [0.717, 1.165) is 0 Å². The first-order valence-corrected chi connectivity index (χ1v) is 11.7. The maximum atomic E-state index is 13.0. The Kier molecular flexibility index (Phi) is 8.52. The van der Waals surface area contributed by atoms with E-state index in [0.29, 0.717) is 12.1 Å². The van der Waals surface area contributed by atoms with Crippen molar-refractivity contribution in [2.45, 2.75) is 38.0 Å². The first-order valence-electron chi connectivity index (χ1n) is 9.68. The van der Waals surface area contributed by atoms with Crippen LogP contribution in [0.25, 0.3) is 0 Å². The average molecular weight is 470 g/mol. The summed E-state index contributed by atoms with van der Waals surface area (Å²) in [5, 5.41) is 3.52. The summed E-state index contributed by atoms with van der Waals surface area (Å²) in [7, 11) is -3.75. The second-order valence-corrected chi connectivity index (χ2v) is 9.57. The molecule has 1 fully saturated rings. The number of Topliss-reactive ketones (excluding diaryl/α,β-unsaturated/α-hetero) is 3. The summed E-state index contributed by atoms with van der Waals surface area (Å²) in [6.07, 6.45) is 2.17. The third-order valence-electron chi connectivity index (χ3n) is 4.63. The molecule has 0 spiro atoms. The first-order chi connectivity index (χ1) is 14.6. The van der Waals surface area contributed by atoms with Crippen LogP contribution >= 0.6 is 11.6 Å². The van der Waals surface area contributed by atoms with Gasteiger partial charge in [0.25, 0.3) is 0 Å². The van der Waals surface area contributed by atoms with Gasteiger partial charge in [0.05, 0.1) is 16.5 Å². The van der Waals surface area contributed by atoms with E-state index in [2.05, 4.69) is 11.7 Å². The van der Waals surface area contributed by atoms with E-state index < -0.39 is 33.1 Å². The zero-order valence-corrected chi connectivity index (χ0v) is 18.9. The Morgan fingerprint density at radius 2 is 1.94 bits per heavy atom. The zero-order chi connectivity index (χ0) is 23.2. The quantitative estimate of drug-likeness (QED) is 0.129. The first kappa shape index (κ1) is 24.7. The van der Waals surface area contributed by atoms with Crippen LogP contribution in [0, 0.1) is 5.92 Å². The minimum atomic E-state index is -3.75. The molecule has 8 nitrogen and oxygen atoms in total. The lowest BCUT2D eigenvalue weighted by atomic mass is 9.81. The van der Waals surface area contributed by atoms with Crippen LogP contribution in [-0.2, 0) is 24.3 Å². The van der Waals surface area contributed by atoms with E-state index in [4.69, 9.17) is 21.2 Å². The molecule has 0 aromatic heterocycles. The SMILES string of the molecule is C=CCO/N=C(/C)COc1c(S(=O)(=O)CC)ccc(C(=O)C2C(=O)CCCC2=O)c1Cl. The molecule has 0 heterocycles. The summed E-state index contributed by atoms with van der Waals surface area (Å²) < 4.78 is 30.6. The van der Waals surface area contributed by atoms with Gasteiger partial charge in [-0.25, -0.2) is 8.42 Å². The molecule has 1 aliphatic carbocycles. The lowest BCUT2D eigenvalue weighted by molar-refractivity contribution is -0.133. The molecular weight excluding hydrogens is 446 g/mol. The Morgan fingerprint density at radius 3 is 2.52 bits per heavy atom. The monoisotopic (exact) mass is 469 g/mol. The summed E-state index contributed by atoms with van der Waals surface area (Å²) in [6.45, 7) is 6.57. The van der Waals surface area contributed by atoms with Gasteiger partial charge in [0.15, 0.2) is 32.9 Å². The van der Waals surface area contributed by atoms with Gasteiger partial charge in [-0.1, -0.05) is 36.3 Å². The van der Waals surface area contributed by atoms with Gasteiger partial charge >= 0.3 is 0 Å². The van der Waals surface area contributed by atoms with Gasteiger partial charge in [-0.2, -0.15) is 0 Å². The molecule has 10 heteroatoms. The molecule has 31 heavy (non-hydrogen) atoms. The van der Waals surface area contributed by atoms with E-state index in [1.165, 1.54) is 25.1 Å². The fourth-order valence-electron chi connectivity index (χ4n) is 3.02. The van der Waals surface area contributed by atoms with E-state index in [9.17, 15) is 22.8 Å². The number of carbonyl (C=O) groups is 3. The van der Waals surface area contributed by atoms with Gasteiger partial charge < -0.3 is 9.57 Å². The lowest BCUT2D eigenvalue weighted by Gasteiger charge is -2.20. The predicted octanol–water partition coefficient (Wildman–Crippen LogP) is 3.21. The molecule has 168 valence electrons. The van der Waals surface area contributed by atoms with Gasteiger partial charge in [0, 0.05) is 18.4 Å². The molecule has 0 atom stereocenters. The summed E-state index contributed by atoms with van der Waals surface area (Å²) >= 11 is 6.38. The maximum Gasteiger partial charge on any atom is 0.182 e. The van der Waals surface area contributed by atoms with Gasteiger partial charge in [-0.3, -0.25) is 14.4 Å². The summed E-state index contributed by atoms with van der Waals surface area (Å²) in [6, 6.07) is 2.41. The van der Waals surface area contributed by atoms with Crippen LogP contribution in [0.4, 0.5) is 0 Å². The van der Waals surface area contributed by atoms with Crippen LogP contribution in [-0.4, -0.2) is 50.4 Å². The molecule has 0 N–H and O–H groups in total. The lowest BCUT2D eigenvalue weighted by Crippen LogP contribution is -2.35. The topological polar surface area (TPSA) is 116 Å². The summed E-state index contributed by atoms with van der Waals surface area (Å²) in [4.78, 5) is 42.1. The molecule has 1 saturated carbocycles. The second-order valence-electron chi connectivity index (χ2n) is 6.94. The van der Waals surface area contributed by atoms with Gasteiger partial charge in [-0.05, 0) is 25.5 Å². The summed E-state index contributed by atoms with van der Waals surface area (Å²) in [5.41, 5.74) is 0.241. The fraction of sp³-hybridized carbons (Fsp3) is 0.429. The van der Waals surface area contributed by atoms with Crippen molar-refractivity contribution in [3.8, 4) is 5.75 Å². The largest absolute Gasteiger partial charge is 0.485 e. The van der Waals surface area contributed by atoms with Crippen molar-refractivity contribution in [3.05, 3.63) is 35.4 Å². The Balaban J connectivity index is 2.46. The zero-order valence-electron chi connectivity index (χ0n) is 17.4. The number of nitrogens with zero attached hydrogens (tertiary/aromatic N) is 1. The standard InChI is InChI=1S/C21H24ClNO7S/c1-4-11-30-23-13(3)12-29-21-17(31(27,28)5-2)10-9-14(19(21)22)20(26)18-15(24)7-6-8-16(18)25/h4,9-10,18H,1,5-8,11-12H2,2-3H3/b23-13-. The molecular formula is C21H24ClNO7S. The third kappa shape index (κ3) is 5.80. The van der Waals surface area contributed by atoms with E-state index in [-0.39, 0.29) is 53.0 Å². The Hall–Kier alpha value is -2.52. The normalized spacial score (nSPS) is 15.6. The number of hydrogen-bond donors (Lipinski definition) is 0. The minimum absolute atomic E-state index is 0.131.